The van der Waals surface area contributed by atoms with E-state index in [4.69, 9.17) is 21.1 Å². The van der Waals surface area contributed by atoms with Gasteiger partial charge in [0.1, 0.15) is 43.5 Å². The van der Waals surface area contributed by atoms with Gasteiger partial charge in [-0.15, -0.1) is 0 Å². The van der Waals surface area contributed by atoms with Gasteiger partial charge in [0.15, 0.2) is 0 Å². The first-order valence-electron chi connectivity index (χ1n) is 12.4. The van der Waals surface area contributed by atoms with E-state index in [1.54, 1.807) is 17.0 Å². The van der Waals surface area contributed by atoms with Crippen LogP contribution in [0.2, 0.25) is 5.02 Å². The number of nitrogens with one attached hydrogen (secondary N) is 1. The molecule has 0 saturated carbocycles. The second-order valence-electron chi connectivity index (χ2n) is 9.05. The molecule has 0 bridgehead atoms. The Bertz CT molecular complexity index is 1440. The topological polar surface area (TPSA) is 110 Å². The molecule has 4 aromatic rings. The maximum absolute atomic E-state index is 12.1. The number of ether oxygens (including phenoxy) is 2. The summed E-state index contributed by atoms with van der Waals surface area (Å²) in [5.74, 6) is 1.44. The molecule has 196 valence electrons. The number of amides is 1. The molecule has 0 aliphatic carbocycles. The molecule has 2 N–H and O–H groups in total. The Labute approximate surface area is 225 Å². The van der Waals surface area contributed by atoms with Gasteiger partial charge in [-0.1, -0.05) is 23.7 Å². The third-order valence-corrected chi connectivity index (χ3v) is 6.70. The summed E-state index contributed by atoms with van der Waals surface area (Å²) in [7, 11) is 0. The summed E-state index contributed by atoms with van der Waals surface area (Å²) < 4.78 is 12.1. The number of carbonyl (C=O) groups is 1. The summed E-state index contributed by atoms with van der Waals surface area (Å²) in [6.45, 7) is 2.69. The highest BCUT2D eigenvalue weighted by Gasteiger charge is 2.29. The van der Waals surface area contributed by atoms with Gasteiger partial charge in [-0.3, -0.25) is 9.78 Å². The number of benzene rings is 2. The van der Waals surface area contributed by atoms with Gasteiger partial charge in [0, 0.05) is 17.9 Å². The Morgan fingerprint density at radius 2 is 2.00 bits per heavy atom. The molecule has 1 aliphatic heterocycles. The lowest BCUT2D eigenvalue weighted by Crippen LogP contribution is -2.40. The van der Waals surface area contributed by atoms with Crippen molar-refractivity contribution in [3.8, 4) is 11.5 Å². The van der Waals surface area contributed by atoms with Crippen molar-refractivity contribution >= 4 is 39.9 Å². The largest absolute Gasteiger partial charge is 0.491 e. The quantitative estimate of drug-likeness (QED) is 0.319. The predicted octanol–water partition coefficient (Wildman–Crippen LogP) is 4.67. The van der Waals surface area contributed by atoms with E-state index in [0.717, 1.165) is 35.3 Å². The van der Waals surface area contributed by atoms with Crippen molar-refractivity contribution in [2.75, 3.05) is 25.1 Å². The summed E-state index contributed by atoms with van der Waals surface area (Å²) in [4.78, 5) is 27.0. The summed E-state index contributed by atoms with van der Waals surface area (Å²) in [5, 5.41) is 13.8. The molecule has 0 radical (unpaired) electrons. The van der Waals surface area contributed by atoms with Crippen LogP contribution in [0.15, 0.2) is 60.9 Å². The van der Waals surface area contributed by atoms with E-state index in [0.29, 0.717) is 47.6 Å². The van der Waals surface area contributed by atoms with Gasteiger partial charge in [-0.25, -0.2) is 9.97 Å². The monoisotopic (exact) mass is 533 g/mol. The van der Waals surface area contributed by atoms with E-state index in [9.17, 15) is 9.90 Å². The van der Waals surface area contributed by atoms with Crippen molar-refractivity contribution in [1.29, 1.82) is 0 Å². The number of aliphatic hydroxyl groups excluding tert-OH is 1. The van der Waals surface area contributed by atoms with Gasteiger partial charge in [0.25, 0.3) is 0 Å². The maximum atomic E-state index is 12.1. The molecule has 38 heavy (non-hydrogen) atoms. The van der Waals surface area contributed by atoms with Crippen LogP contribution in [0.4, 0.5) is 11.5 Å². The zero-order chi connectivity index (χ0) is 26.5. The van der Waals surface area contributed by atoms with Crippen molar-refractivity contribution in [3.63, 3.8) is 0 Å². The van der Waals surface area contributed by atoms with Crippen LogP contribution in [0, 0.1) is 6.92 Å². The van der Waals surface area contributed by atoms with Gasteiger partial charge >= 0.3 is 0 Å². The summed E-state index contributed by atoms with van der Waals surface area (Å²) in [6, 6.07) is 16.7. The van der Waals surface area contributed by atoms with E-state index in [1.165, 1.54) is 6.33 Å². The Kier molecular flexibility index (Phi) is 7.86. The molecule has 2 aromatic carbocycles. The average Bonchev–Trinajstić information content (AvgIpc) is 3.40. The summed E-state index contributed by atoms with van der Waals surface area (Å²) in [6.07, 6.45) is 3.19. The standard InChI is InChI=1S/C28H28ClN5O4/c1-18-5-2-6-20(32-18)15-37-24-11-10-19(13-22(24)29)33-28-27-23(30-17-31-28)8-3-9-25(27)38-16-21-7-4-12-34(21)26(36)14-35/h2-3,5-6,8-11,13,17,21,35H,4,7,12,14-16H2,1H3,(H,30,31,33). The molecule has 1 amide bonds. The zero-order valence-corrected chi connectivity index (χ0v) is 21.7. The SMILES string of the molecule is Cc1cccc(COc2ccc(Nc3ncnc4cccc(OCC5CCCN5C(=O)CO)c34)cc2Cl)n1. The molecule has 1 fully saturated rings. The molecule has 5 rings (SSSR count). The molecular weight excluding hydrogens is 506 g/mol. The Morgan fingerprint density at radius 1 is 1.13 bits per heavy atom. The molecular formula is C28H28ClN5O4. The molecule has 1 unspecified atom stereocenters. The van der Waals surface area contributed by atoms with Crippen LogP contribution in [0.5, 0.6) is 11.5 Å². The Balaban J connectivity index is 1.32. The highest BCUT2D eigenvalue weighted by Crippen LogP contribution is 2.34. The normalized spacial score (nSPS) is 15.0. The first-order chi connectivity index (χ1) is 18.5. The molecule has 1 aliphatic rings. The van der Waals surface area contributed by atoms with Crippen LogP contribution in [-0.2, 0) is 11.4 Å². The van der Waals surface area contributed by atoms with E-state index < -0.39 is 6.61 Å². The Morgan fingerprint density at radius 3 is 2.82 bits per heavy atom. The van der Waals surface area contributed by atoms with Gasteiger partial charge in [-0.2, -0.15) is 0 Å². The van der Waals surface area contributed by atoms with Gasteiger partial charge in [0.2, 0.25) is 5.91 Å². The number of pyridine rings is 1. The van der Waals surface area contributed by atoms with Crippen molar-refractivity contribution in [2.24, 2.45) is 0 Å². The van der Waals surface area contributed by atoms with Crippen LogP contribution in [-0.4, -0.2) is 56.7 Å². The third-order valence-electron chi connectivity index (χ3n) is 6.40. The van der Waals surface area contributed by atoms with Crippen LogP contribution >= 0.6 is 11.6 Å². The van der Waals surface area contributed by atoms with Crippen molar-refractivity contribution in [1.82, 2.24) is 19.9 Å². The summed E-state index contributed by atoms with van der Waals surface area (Å²) in [5.41, 5.74) is 3.19. The number of hydrogen-bond donors (Lipinski definition) is 2. The molecule has 3 heterocycles. The van der Waals surface area contributed by atoms with Crippen molar-refractivity contribution in [2.45, 2.75) is 32.4 Å². The molecule has 2 aromatic heterocycles. The summed E-state index contributed by atoms with van der Waals surface area (Å²) >= 11 is 6.52. The van der Waals surface area contributed by atoms with E-state index in [1.807, 2.05) is 49.4 Å². The second kappa shape index (κ2) is 11.6. The van der Waals surface area contributed by atoms with Crippen LogP contribution < -0.4 is 14.8 Å². The van der Waals surface area contributed by atoms with E-state index >= 15 is 0 Å². The Hall–Kier alpha value is -3.95. The number of hydrogen-bond acceptors (Lipinski definition) is 8. The number of anilines is 2. The maximum Gasteiger partial charge on any atom is 0.248 e. The smallest absolute Gasteiger partial charge is 0.248 e. The van der Waals surface area contributed by atoms with E-state index in [2.05, 4.69) is 20.3 Å². The fraction of sp³-hybridized carbons (Fsp3) is 0.286. The lowest BCUT2D eigenvalue weighted by atomic mass is 10.2. The van der Waals surface area contributed by atoms with Crippen molar-refractivity contribution in [3.05, 3.63) is 77.3 Å². The number of aliphatic hydroxyl groups is 1. The predicted molar refractivity (Wildman–Crippen MR) is 145 cm³/mol. The van der Waals surface area contributed by atoms with Crippen molar-refractivity contribution < 1.29 is 19.4 Å². The lowest BCUT2D eigenvalue weighted by Gasteiger charge is -2.24. The molecule has 10 heteroatoms. The number of aromatic nitrogens is 3. The number of carbonyl (C=O) groups excluding carboxylic acids is 1. The lowest BCUT2D eigenvalue weighted by molar-refractivity contribution is -0.135. The number of fused-ring (bicyclic) bond motifs is 1. The highest BCUT2D eigenvalue weighted by atomic mass is 35.5. The fourth-order valence-electron chi connectivity index (χ4n) is 4.57. The number of rotatable bonds is 9. The number of likely N-dealkylation sites (tertiary alicyclic amines) is 1. The molecule has 1 atom stereocenters. The second-order valence-corrected chi connectivity index (χ2v) is 9.46. The van der Waals surface area contributed by atoms with Gasteiger partial charge < -0.3 is 24.8 Å². The first-order valence-corrected chi connectivity index (χ1v) is 12.8. The highest BCUT2D eigenvalue weighted by molar-refractivity contribution is 6.32. The van der Waals surface area contributed by atoms with Crippen LogP contribution in [0.25, 0.3) is 10.9 Å². The van der Waals surface area contributed by atoms with Gasteiger partial charge in [0.05, 0.1) is 27.7 Å². The molecule has 9 nitrogen and oxygen atoms in total. The zero-order valence-electron chi connectivity index (χ0n) is 20.9. The minimum absolute atomic E-state index is 0.0905. The molecule has 1 saturated heterocycles. The van der Waals surface area contributed by atoms with Crippen LogP contribution in [0.3, 0.4) is 0 Å². The number of aryl methyl sites for hydroxylation is 1. The number of halogens is 1. The molecule has 0 spiro atoms. The minimum atomic E-state index is -0.498. The van der Waals surface area contributed by atoms with Gasteiger partial charge in [-0.05, 0) is 62.2 Å². The average molecular weight is 534 g/mol. The third kappa shape index (κ3) is 5.79. The first kappa shape index (κ1) is 25.7. The minimum Gasteiger partial charge on any atom is -0.491 e. The fourth-order valence-corrected chi connectivity index (χ4v) is 4.81. The van der Waals surface area contributed by atoms with Crippen LogP contribution in [0.1, 0.15) is 24.2 Å². The number of nitrogens with zero attached hydrogens (tertiary/aromatic N) is 4. The van der Waals surface area contributed by atoms with E-state index in [-0.39, 0.29) is 11.9 Å².